The van der Waals surface area contributed by atoms with Gasteiger partial charge in [0, 0.05) is 12.2 Å². The van der Waals surface area contributed by atoms with Gasteiger partial charge in [0.15, 0.2) is 0 Å². The van der Waals surface area contributed by atoms with Gasteiger partial charge in [-0.1, -0.05) is 0 Å². The lowest BCUT2D eigenvalue weighted by Gasteiger charge is -2.28. The van der Waals surface area contributed by atoms with E-state index in [1.165, 1.54) is 0 Å². The van der Waals surface area contributed by atoms with E-state index >= 15 is 0 Å². The molecule has 2 aromatic rings. The van der Waals surface area contributed by atoms with E-state index in [2.05, 4.69) is 22.3 Å². The van der Waals surface area contributed by atoms with Gasteiger partial charge in [0.25, 0.3) is 5.56 Å². The molecule has 5 nitrogen and oxygen atoms in total. The quantitative estimate of drug-likeness (QED) is 0.816. The smallest absolute Gasteiger partial charge is 0.276 e. The van der Waals surface area contributed by atoms with Gasteiger partial charge in [-0.15, -0.1) is 0 Å². The number of hydrogen-bond donors (Lipinski definition) is 1. The average molecular weight is 244 g/mol. The molecule has 2 unspecified atom stereocenters. The van der Waals surface area contributed by atoms with Crippen LogP contribution in [0.5, 0.6) is 0 Å². The highest BCUT2D eigenvalue weighted by Crippen LogP contribution is 2.19. The molecule has 1 fully saturated rings. The molecule has 1 N–H and O–H groups in total. The van der Waals surface area contributed by atoms with Crippen LogP contribution in [0.3, 0.4) is 0 Å². The Kier molecular flexibility index (Phi) is 2.83. The van der Waals surface area contributed by atoms with Crippen LogP contribution in [0, 0.1) is 0 Å². The highest BCUT2D eigenvalue weighted by Gasteiger charge is 2.22. The van der Waals surface area contributed by atoms with Gasteiger partial charge >= 0.3 is 0 Å². The summed E-state index contributed by atoms with van der Waals surface area (Å²) >= 11 is 0. The molecule has 18 heavy (non-hydrogen) atoms. The first-order valence-electron chi connectivity index (χ1n) is 6.31. The highest BCUT2D eigenvalue weighted by atomic mass is 16.1. The van der Waals surface area contributed by atoms with E-state index in [9.17, 15) is 4.79 Å². The van der Waals surface area contributed by atoms with E-state index in [1.54, 1.807) is 23.1 Å². The van der Waals surface area contributed by atoms with Crippen LogP contribution in [0.4, 0.5) is 0 Å². The fraction of sp³-hybridized carbons (Fsp3) is 0.462. The lowest BCUT2D eigenvalue weighted by Crippen LogP contribution is -2.40. The van der Waals surface area contributed by atoms with E-state index in [1.807, 2.05) is 6.07 Å². The molecule has 1 aliphatic heterocycles. The summed E-state index contributed by atoms with van der Waals surface area (Å²) in [4.78, 5) is 16.5. The maximum Gasteiger partial charge on any atom is 0.276 e. The molecular weight excluding hydrogens is 228 g/mol. The standard InChI is InChI=1S/C13H16N4O/c1-9-7-10(4-6-14-9)17-13(18)11-3-2-5-15-12(11)8-16-17/h2-3,5,8-10,14H,4,6-7H2,1H3. The maximum absolute atomic E-state index is 12.4. The molecule has 0 aromatic carbocycles. The minimum Gasteiger partial charge on any atom is -0.314 e. The SMILES string of the molecule is CC1CC(n2ncc3ncccc3c2=O)CCN1. The summed E-state index contributed by atoms with van der Waals surface area (Å²) in [5.41, 5.74) is 0.639. The molecule has 5 heteroatoms. The molecule has 2 aromatic heterocycles. The first kappa shape index (κ1) is 11.3. The number of hydrogen-bond acceptors (Lipinski definition) is 4. The van der Waals surface area contributed by atoms with E-state index in [4.69, 9.17) is 0 Å². The Morgan fingerprint density at radius 1 is 1.50 bits per heavy atom. The molecule has 0 amide bonds. The molecule has 0 aliphatic carbocycles. The Morgan fingerprint density at radius 3 is 3.22 bits per heavy atom. The van der Waals surface area contributed by atoms with Gasteiger partial charge in [-0.3, -0.25) is 9.78 Å². The fourth-order valence-corrected chi connectivity index (χ4v) is 2.58. The number of fused-ring (bicyclic) bond motifs is 1. The first-order valence-corrected chi connectivity index (χ1v) is 6.31. The zero-order valence-corrected chi connectivity index (χ0v) is 10.3. The summed E-state index contributed by atoms with van der Waals surface area (Å²) in [7, 11) is 0. The van der Waals surface area contributed by atoms with Gasteiger partial charge in [0.05, 0.1) is 23.1 Å². The topological polar surface area (TPSA) is 59.8 Å². The Balaban J connectivity index is 2.07. The third kappa shape index (κ3) is 1.90. The van der Waals surface area contributed by atoms with Crippen LogP contribution in [-0.4, -0.2) is 27.4 Å². The molecule has 94 valence electrons. The van der Waals surface area contributed by atoms with Crippen molar-refractivity contribution in [2.75, 3.05) is 6.54 Å². The number of rotatable bonds is 1. The molecule has 3 rings (SSSR count). The molecule has 0 saturated carbocycles. The van der Waals surface area contributed by atoms with E-state index < -0.39 is 0 Å². The largest absolute Gasteiger partial charge is 0.314 e. The second-order valence-electron chi connectivity index (χ2n) is 4.86. The molecule has 2 atom stereocenters. The number of nitrogens with one attached hydrogen (secondary N) is 1. The summed E-state index contributed by atoms with van der Waals surface area (Å²) in [6.07, 6.45) is 5.26. The van der Waals surface area contributed by atoms with Crippen molar-refractivity contribution in [1.29, 1.82) is 0 Å². The van der Waals surface area contributed by atoms with Gasteiger partial charge in [0.2, 0.25) is 0 Å². The van der Waals surface area contributed by atoms with Gasteiger partial charge in [-0.05, 0) is 38.4 Å². The van der Waals surface area contributed by atoms with Crippen molar-refractivity contribution in [3.05, 3.63) is 34.9 Å². The van der Waals surface area contributed by atoms with Crippen molar-refractivity contribution in [3.63, 3.8) is 0 Å². The lowest BCUT2D eigenvalue weighted by atomic mass is 10.0. The monoisotopic (exact) mass is 244 g/mol. The zero-order valence-electron chi connectivity index (χ0n) is 10.3. The molecular formula is C13H16N4O. The second kappa shape index (κ2) is 4.49. The summed E-state index contributed by atoms with van der Waals surface area (Å²) in [6.45, 7) is 3.07. The molecule has 1 saturated heterocycles. The highest BCUT2D eigenvalue weighted by molar-refractivity contribution is 5.75. The number of aromatic nitrogens is 3. The van der Waals surface area contributed by atoms with Crippen LogP contribution in [0.2, 0.25) is 0 Å². The van der Waals surface area contributed by atoms with E-state index in [-0.39, 0.29) is 11.6 Å². The summed E-state index contributed by atoms with van der Waals surface area (Å²) in [5, 5.41) is 8.31. The molecule has 0 spiro atoms. The minimum atomic E-state index is -0.0281. The Morgan fingerprint density at radius 2 is 2.39 bits per heavy atom. The van der Waals surface area contributed by atoms with Crippen LogP contribution in [0.15, 0.2) is 29.3 Å². The predicted octanol–water partition coefficient (Wildman–Crippen LogP) is 1.10. The van der Waals surface area contributed by atoms with Crippen molar-refractivity contribution in [2.45, 2.75) is 31.8 Å². The van der Waals surface area contributed by atoms with E-state index in [0.29, 0.717) is 16.9 Å². The molecule has 1 aliphatic rings. The molecule has 3 heterocycles. The number of nitrogens with zero attached hydrogens (tertiary/aromatic N) is 3. The van der Waals surface area contributed by atoms with Crippen molar-refractivity contribution in [3.8, 4) is 0 Å². The first-order chi connectivity index (χ1) is 8.75. The number of piperidine rings is 1. The lowest BCUT2D eigenvalue weighted by molar-refractivity contribution is 0.288. The van der Waals surface area contributed by atoms with Gasteiger partial charge < -0.3 is 5.32 Å². The van der Waals surface area contributed by atoms with Crippen LogP contribution in [0.25, 0.3) is 10.9 Å². The third-order valence-corrected chi connectivity index (χ3v) is 3.52. The average Bonchev–Trinajstić information content (AvgIpc) is 2.39. The summed E-state index contributed by atoms with van der Waals surface area (Å²) in [5.74, 6) is 0. The van der Waals surface area contributed by atoms with Crippen molar-refractivity contribution in [1.82, 2.24) is 20.1 Å². The predicted molar refractivity (Wildman–Crippen MR) is 69.5 cm³/mol. The van der Waals surface area contributed by atoms with Crippen molar-refractivity contribution < 1.29 is 0 Å². The van der Waals surface area contributed by atoms with E-state index in [0.717, 1.165) is 19.4 Å². The Hall–Kier alpha value is -1.75. The maximum atomic E-state index is 12.4. The van der Waals surface area contributed by atoms with Crippen molar-refractivity contribution >= 4 is 10.9 Å². The van der Waals surface area contributed by atoms with Crippen LogP contribution in [-0.2, 0) is 0 Å². The fourth-order valence-electron chi connectivity index (χ4n) is 2.58. The van der Waals surface area contributed by atoms with Crippen LogP contribution >= 0.6 is 0 Å². The molecule has 0 bridgehead atoms. The molecule has 0 radical (unpaired) electrons. The van der Waals surface area contributed by atoms with Gasteiger partial charge in [-0.2, -0.15) is 5.10 Å². The second-order valence-corrected chi connectivity index (χ2v) is 4.86. The van der Waals surface area contributed by atoms with Crippen LogP contribution < -0.4 is 10.9 Å². The Labute approximate surface area is 105 Å². The third-order valence-electron chi connectivity index (χ3n) is 3.52. The van der Waals surface area contributed by atoms with Crippen molar-refractivity contribution in [2.24, 2.45) is 0 Å². The van der Waals surface area contributed by atoms with Gasteiger partial charge in [-0.25, -0.2) is 4.68 Å². The zero-order chi connectivity index (χ0) is 12.5. The minimum absolute atomic E-state index is 0.0281. The Bertz CT molecular complexity index is 622. The normalized spacial score (nSPS) is 24.3. The summed E-state index contributed by atoms with van der Waals surface area (Å²) < 4.78 is 1.63. The number of pyridine rings is 1. The van der Waals surface area contributed by atoms with Crippen LogP contribution in [0.1, 0.15) is 25.8 Å². The summed E-state index contributed by atoms with van der Waals surface area (Å²) in [6, 6.07) is 4.23. The van der Waals surface area contributed by atoms with Gasteiger partial charge in [0.1, 0.15) is 0 Å².